The van der Waals surface area contributed by atoms with Gasteiger partial charge in [-0.3, -0.25) is 4.79 Å². The highest BCUT2D eigenvalue weighted by molar-refractivity contribution is 9.11. The molecule has 0 spiro atoms. The van der Waals surface area contributed by atoms with Crippen LogP contribution < -0.4 is 11.1 Å². The summed E-state index contributed by atoms with van der Waals surface area (Å²) in [7, 11) is 0. The minimum absolute atomic E-state index is 0.0795. The SMILES string of the molecule is CC1(C)C2OCCC2C1(N)C(=O)Nc1c(Br)cccc1Br. The molecule has 3 unspecified atom stereocenters. The number of ether oxygens (including phenoxy) is 1. The molecule has 2 fully saturated rings. The number of benzene rings is 1. The fourth-order valence-electron chi connectivity index (χ4n) is 3.68. The van der Waals surface area contributed by atoms with E-state index in [-0.39, 0.29) is 23.3 Å². The van der Waals surface area contributed by atoms with Gasteiger partial charge in [0.25, 0.3) is 0 Å². The highest BCUT2D eigenvalue weighted by atomic mass is 79.9. The maximum atomic E-state index is 12.8. The van der Waals surface area contributed by atoms with E-state index in [1.54, 1.807) is 0 Å². The van der Waals surface area contributed by atoms with Crippen LogP contribution in [0.25, 0.3) is 0 Å². The molecule has 2 aliphatic rings. The lowest BCUT2D eigenvalue weighted by atomic mass is 9.48. The van der Waals surface area contributed by atoms with Gasteiger partial charge in [0.15, 0.2) is 0 Å². The summed E-state index contributed by atoms with van der Waals surface area (Å²) >= 11 is 6.91. The van der Waals surface area contributed by atoms with E-state index in [0.29, 0.717) is 12.3 Å². The molecule has 1 amide bonds. The van der Waals surface area contributed by atoms with Gasteiger partial charge >= 0.3 is 0 Å². The molecule has 1 aliphatic heterocycles. The Morgan fingerprint density at radius 1 is 1.38 bits per heavy atom. The molecule has 3 N–H and O–H groups in total. The van der Waals surface area contributed by atoms with Crippen molar-refractivity contribution in [2.45, 2.75) is 31.9 Å². The van der Waals surface area contributed by atoms with Crippen molar-refractivity contribution in [3.8, 4) is 0 Å². The second-order valence-corrected chi connectivity index (χ2v) is 8.04. The first-order chi connectivity index (χ1) is 9.80. The number of para-hydroxylation sites is 1. The van der Waals surface area contributed by atoms with Crippen LogP contribution in [0, 0.1) is 11.3 Å². The van der Waals surface area contributed by atoms with E-state index in [9.17, 15) is 4.79 Å². The van der Waals surface area contributed by atoms with Gasteiger partial charge in [0.05, 0.1) is 11.8 Å². The molecule has 114 valence electrons. The van der Waals surface area contributed by atoms with Gasteiger partial charge in [0, 0.05) is 26.9 Å². The molecule has 1 heterocycles. The number of hydrogen-bond donors (Lipinski definition) is 2. The number of rotatable bonds is 2. The van der Waals surface area contributed by atoms with Crippen LogP contribution in [0.1, 0.15) is 20.3 Å². The maximum Gasteiger partial charge on any atom is 0.245 e. The summed E-state index contributed by atoms with van der Waals surface area (Å²) in [5.41, 5.74) is 5.98. The van der Waals surface area contributed by atoms with Crippen molar-refractivity contribution in [3.63, 3.8) is 0 Å². The lowest BCUT2D eigenvalue weighted by Gasteiger charge is -2.60. The van der Waals surface area contributed by atoms with Gasteiger partial charge in [0.2, 0.25) is 5.91 Å². The standard InChI is InChI=1S/C15H18Br2N2O2/c1-14(2)12-8(6-7-21-12)15(14,18)13(20)19-11-9(16)4-3-5-10(11)17/h3-5,8,12H,6-7,18H2,1-2H3,(H,19,20). The second kappa shape index (κ2) is 5.05. The Bertz CT molecular complexity index is 585. The Hall–Kier alpha value is -0.430. The van der Waals surface area contributed by atoms with E-state index in [2.05, 4.69) is 37.2 Å². The fourth-order valence-corrected chi connectivity index (χ4v) is 4.88. The van der Waals surface area contributed by atoms with Gasteiger partial charge in [-0.05, 0) is 50.4 Å². The van der Waals surface area contributed by atoms with Crippen LogP contribution in [-0.2, 0) is 9.53 Å². The summed E-state index contributed by atoms with van der Waals surface area (Å²) in [6.45, 7) is 4.70. The van der Waals surface area contributed by atoms with Gasteiger partial charge in [0.1, 0.15) is 5.54 Å². The normalized spacial score (nSPS) is 33.2. The predicted molar refractivity (Wildman–Crippen MR) is 89.0 cm³/mol. The van der Waals surface area contributed by atoms with E-state index in [0.717, 1.165) is 15.4 Å². The molecule has 1 aromatic rings. The smallest absolute Gasteiger partial charge is 0.245 e. The number of halogens is 2. The van der Waals surface area contributed by atoms with Crippen molar-refractivity contribution < 1.29 is 9.53 Å². The third-order valence-electron chi connectivity index (χ3n) is 5.03. The molecule has 0 aromatic heterocycles. The quantitative estimate of drug-likeness (QED) is 0.775. The minimum Gasteiger partial charge on any atom is -0.377 e. The number of fused-ring (bicyclic) bond motifs is 1. The van der Waals surface area contributed by atoms with Crippen LogP contribution in [0.3, 0.4) is 0 Å². The topological polar surface area (TPSA) is 64.3 Å². The van der Waals surface area contributed by atoms with Crippen molar-refractivity contribution >= 4 is 43.5 Å². The molecule has 1 aromatic carbocycles. The number of nitrogens with two attached hydrogens (primary N) is 1. The highest BCUT2D eigenvalue weighted by Gasteiger charge is 2.71. The molecule has 0 bridgehead atoms. The molecule has 3 atom stereocenters. The predicted octanol–water partition coefficient (Wildman–Crippen LogP) is 3.29. The molecule has 6 heteroatoms. The fraction of sp³-hybridized carbons (Fsp3) is 0.533. The molecule has 0 radical (unpaired) electrons. The summed E-state index contributed by atoms with van der Waals surface area (Å²) in [6.07, 6.45) is 0.922. The Balaban J connectivity index is 1.89. The first-order valence-electron chi connectivity index (χ1n) is 6.96. The highest BCUT2D eigenvalue weighted by Crippen LogP contribution is 2.58. The van der Waals surface area contributed by atoms with E-state index in [1.807, 2.05) is 32.0 Å². The monoisotopic (exact) mass is 416 g/mol. The number of carbonyl (C=O) groups excluding carboxylic acids is 1. The molecular formula is C15H18Br2N2O2. The van der Waals surface area contributed by atoms with Gasteiger partial charge in [-0.1, -0.05) is 19.9 Å². The van der Waals surface area contributed by atoms with E-state index >= 15 is 0 Å². The van der Waals surface area contributed by atoms with Crippen LogP contribution >= 0.6 is 31.9 Å². The number of amides is 1. The summed E-state index contributed by atoms with van der Waals surface area (Å²) < 4.78 is 7.38. The minimum atomic E-state index is -0.900. The van der Waals surface area contributed by atoms with Crippen molar-refractivity contribution in [3.05, 3.63) is 27.1 Å². The molecule has 4 nitrogen and oxygen atoms in total. The van der Waals surface area contributed by atoms with E-state index < -0.39 is 5.54 Å². The number of hydrogen-bond acceptors (Lipinski definition) is 3. The summed E-state index contributed by atoms with van der Waals surface area (Å²) in [5, 5.41) is 2.98. The van der Waals surface area contributed by atoms with Crippen LogP contribution in [0.4, 0.5) is 5.69 Å². The third kappa shape index (κ3) is 2.03. The van der Waals surface area contributed by atoms with E-state index in [1.165, 1.54) is 0 Å². The van der Waals surface area contributed by atoms with Crippen molar-refractivity contribution in [1.29, 1.82) is 0 Å². The molecule has 1 saturated carbocycles. The Morgan fingerprint density at radius 2 is 2.00 bits per heavy atom. The average Bonchev–Trinajstić information content (AvgIpc) is 2.90. The van der Waals surface area contributed by atoms with Crippen molar-refractivity contribution in [2.75, 3.05) is 11.9 Å². The Labute approximate surface area is 141 Å². The first-order valence-corrected chi connectivity index (χ1v) is 8.54. The number of anilines is 1. The summed E-state index contributed by atoms with van der Waals surface area (Å²) in [5.74, 6) is -0.0550. The average molecular weight is 418 g/mol. The van der Waals surface area contributed by atoms with Crippen molar-refractivity contribution in [2.24, 2.45) is 17.1 Å². The summed E-state index contributed by atoms with van der Waals surface area (Å²) in [6, 6.07) is 5.67. The molecule has 1 aliphatic carbocycles. The molecule has 3 rings (SSSR count). The lowest BCUT2D eigenvalue weighted by Crippen LogP contribution is -2.79. The first kappa shape index (κ1) is 15.5. The zero-order valence-electron chi connectivity index (χ0n) is 12.0. The van der Waals surface area contributed by atoms with Gasteiger partial charge in [-0.15, -0.1) is 0 Å². The number of nitrogens with one attached hydrogen (secondary N) is 1. The van der Waals surface area contributed by atoms with Gasteiger partial charge < -0.3 is 15.8 Å². The van der Waals surface area contributed by atoms with Gasteiger partial charge in [-0.2, -0.15) is 0 Å². The third-order valence-corrected chi connectivity index (χ3v) is 6.35. The second-order valence-electron chi connectivity index (χ2n) is 6.33. The largest absolute Gasteiger partial charge is 0.377 e. The Kier molecular flexibility index (Phi) is 3.72. The van der Waals surface area contributed by atoms with E-state index in [4.69, 9.17) is 10.5 Å². The zero-order chi connectivity index (χ0) is 15.4. The zero-order valence-corrected chi connectivity index (χ0v) is 15.1. The van der Waals surface area contributed by atoms with Gasteiger partial charge in [-0.25, -0.2) is 0 Å². The molecule has 1 saturated heterocycles. The molecular weight excluding hydrogens is 400 g/mol. The van der Waals surface area contributed by atoms with Crippen LogP contribution in [-0.4, -0.2) is 24.2 Å². The maximum absolute atomic E-state index is 12.8. The Morgan fingerprint density at radius 3 is 2.62 bits per heavy atom. The van der Waals surface area contributed by atoms with Crippen molar-refractivity contribution in [1.82, 2.24) is 0 Å². The summed E-state index contributed by atoms with van der Waals surface area (Å²) in [4.78, 5) is 12.8. The van der Waals surface area contributed by atoms with Crippen LogP contribution in [0.5, 0.6) is 0 Å². The van der Waals surface area contributed by atoms with Crippen LogP contribution in [0.15, 0.2) is 27.1 Å². The lowest BCUT2D eigenvalue weighted by molar-refractivity contribution is -0.170. The van der Waals surface area contributed by atoms with Crippen LogP contribution in [0.2, 0.25) is 0 Å². The molecule has 21 heavy (non-hydrogen) atoms. The number of carbonyl (C=O) groups is 1.